The number of hydrogen-bond donors (Lipinski definition) is 1. The van der Waals surface area contributed by atoms with E-state index in [1.807, 2.05) is 0 Å². The van der Waals surface area contributed by atoms with E-state index < -0.39 is 5.82 Å². The Bertz CT molecular complexity index is 271. The average molecular weight is 154 g/mol. The summed E-state index contributed by atoms with van der Waals surface area (Å²) < 4.78 is 12.4. The van der Waals surface area contributed by atoms with E-state index in [-0.39, 0.29) is 6.61 Å². The van der Waals surface area contributed by atoms with Crippen molar-refractivity contribution in [1.82, 2.24) is 0 Å². The summed E-state index contributed by atoms with van der Waals surface area (Å²) in [5, 5.41) is 8.65. The normalized spacial score (nSPS) is 9.64. The highest BCUT2D eigenvalue weighted by Crippen LogP contribution is 2.08. The number of rotatable bonds is 2. The quantitative estimate of drug-likeness (QED) is 0.648. The summed E-state index contributed by atoms with van der Waals surface area (Å²) in [5.74, 6) is -0.445. The molecule has 0 saturated heterocycles. The molecule has 0 aromatic heterocycles. The monoisotopic (exact) mass is 154 g/mol. The van der Waals surface area contributed by atoms with E-state index in [1.54, 1.807) is 0 Å². The van der Waals surface area contributed by atoms with E-state index in [0.29, 0.717) is 17.4 Å². The van der Waals surface area contributed by atoms with Gasteiger partial charge in [-0.1, -0.05) is 0 Å². The van der Waals surface area contributed by atoms with Gasteiger partial charge in [0.15, 0.2) is 0 Å². The standard InChI is InChI=1S/C8H7FO2/c9-8-2-1-6(4-10)7(3-8)5-11/h1-4,11H,5H2. The zero-order chi connectivity index (χ0) is 8.27. The number of aliphatic hydroxyl groups is 1. The Morgan fingerprint density at radius 2 is 2.27 bits per heavy atom. The Morgan fingerprint density at radius 1 is 1.55 bits per heavy atom. The van der Waals surface area contributed by atoms with Crippen molar-refractivity contribution in [3.8, 4) is 0 Å². The summed E-state index contributed by atoms with van der Waals surface area (Å²) in [7, 11) is 0. The minimum atomic E-state index is -0.445. The largest absolute Gasteiger partial charge is 0.392 e. The van der Waals surface area contributed by atoms with Gasteiger partial charge in [-0.05, 0) is 23.8 Å². The van der Waals surface area contributed by atoms with Crippen molar-refractivity contribution in [2.24, 2.45) is 0 Å². The molecule has 11 heavy (non-hydrogen) atoms. The third-order valence-corrected chi connectivity index (χ3v) is 1.40. The molecule has 0 atom stereocenters. The molecule has 0 unspecified atom stereocenters. The molecule has 0 fully saturated rings. The molecule has 1 aromatic carbocycles. The number of aldehydes is 1. The van der Waals surface area contributed by atoms with Gasteiger partial charge in [-0.15, -0.1) is 0 Å². The molecule has 58 valence electrons. The van der Waals surface area contributed by atoms with Crippen LogP contribution >= 0.6 is 0 Å². The predicted molar refractivity (Wildman–Crippen MR) is 37.7 cm³/mol. The van der Waals surface area contributed by atoms with E-state index in [1.165, 1.54) is 12.1 Å². The minimum absolute atomic E-state index is 0.314. The summed E-state index contributed by atoms with van der Waals surface area (Å²) in [6, 6.07) is 3.67. The second-order valence-electron chi connectivity index (χ2n) is 2.12. The van der Waals surface area contributed by atoms with Gasteiger partial charge in [0.1, 0.15) is 12.1 Å². The fourth-order valence-corrected chi connectivity index (χ4v) is 0.826. The molecule has 0 aliphatic carbocycles. The lowest BCUT2D eigenvalue weighted by Crippen LogP contribution is -1.92. The number of carbonyl (C=O) groups is 1. The van der Waals surface area contributed by atoms with Crippen molar-refractivity contribution in [1.29, 1.82) is 0 Å². The molecule has 0 heterocycles. The molecule has 0 saturated carbocycles. The van der Waals surface area contributed by atoms with Gasteiger partial charge in [0, 0.05) is 5.56 Å². The molecule has 1 rings (SSSR count). The first-order chi connectivity index (χ1) is 5.27. The summed E-state index contributed by atoms with van der Waals surface area (Å²) >= 11 is 0. The molecule has 0 amide bonds. The van der Waals surface area contributed by atoms with Gasteiger partial charge in [-0.2, -0.15) is 0 Å². The van der Waals surface area contributed by atoms with Crippen molar-refractivity contribution < 1.29 is 14.3 Å². The van der Waals surface area contributed by atoms with Crippen molar-refractivity contribution in [2.75, 3.05) is 0 Å². The maximum absolute atomic E-state index is 12.4. The van der Waals surface area contributed by atoms with E-state index in [0.717, 1.165) is 6.07 Å². The van der Waals surface area contributed by atoms with Gasteiger partial charge in [0.2, 0.25) is 0 Å². The zero-order valence-electron chi connectivity index (χ0n) is 5.75. The van der Waals surface area contributed by atoms with Crippen molar-refractivity contribution in [3.63, 3.8) is 0 Å². The number of aliphatic hydroxyl groups excluding tert-OH is 1. The highest BCUT2D eigenvalue weighted by atomic mass is 19.1. The number of halogens is 1. The Morgan fingerprint density at radius 3 is 2.82 bits per heavy atom. The lowest BCUT2D eigenvalue weighted by Gasteiger charge is -1.98. The van der Waals surface area contributed by atoms with Crippen LogP contribution in [0.15, 0.2) is 18.2 Å². The molecule has 1 aromatic rings. The van der Waals surface area contributed by atoms with E-state index in [4.69, 9.17) is 5.11 Å². The first kappa shape index (κ1) is 7.88. The maximum atomic E-state index is 12.4. The van der Waals surface area contributed by atoms with Crippen LogP contribution in [0.25, 0.3) is 0 Å². The van der Waals surface area contributed by atoms with Crippen LogP contribution in [0.1, 0.15) is 15.9 Å². The van der Waals surface area contributed by atoms with Gasteiger partial charge in [0.25, 0.3) is 0 Å². The first-order valence-electron chi connectivity index (χ1n) is 3.12. The minimum Gasteiger partial charge on any atom is -0.392 e. The Labute approximate surface area is 63.3 Å². The Hall–Kier alpha value is -1.22. The van der Waals surface area contributed by atoms with E-state index >= 15 is 0 Å². The smallest absolute Gasteiger partial charge is 0.150 e. The fraction of sp³-hybridized carbons (Fsp3) is 0.125. The van der Waals surface area contributed by atoms with Crippen LogP contribution in [-0.4, -0.2) is 11.4 Å². The van der Waals surface area contributed by atoms with Crippen LogP contribution in [0.3, 0.4) is 0 Å². The predicted octanol–water partition coefficient (Wildman–Crippen LogP) is 1.13. The topological polar surface area (TPSA) is 37.3 Å². The second kappa shape index (κ2) is 3.25. The van der Waals surface area contributed by atoms with Crippen LogP contribution in [0.5, 0.6) is 0 Å². The molecule has 0 aliphatic heterocycles. The van der Waals surface area contributed by atoms with Crippen LogP contribution in [0.2, 0.25) is 0 Å². The molecule has 0 spiro atoms. The highest BCUT2D eigenvalue weighted by Gasteiger charge is 2.00. The molecular formula is C8H7FO2. The van der Waals surface area contributed by atoms with Gasteiger partial charge < -0.3 is 5.11 Å². The lowest BCUT2D eigenvalue weighted by atomic mass is 10.1. The third-order valence-electron chi connectivity index (χ3n) is 1.40. The second-order valence-corrected chi connectivity index (χ2v) is 2.12. The molecule has 3 heteroatoms. The molecule has 2 nitrogen and oxygen atoms in total. The lowest BCUT2D eigenvalue weighted by molar-refractivity contribution is 0.112. The Balaban J connectivity index is 3.16. The van der Waals surface area contributed by atoms with Crippen LogP contribution in [0, 0.1) is 5.82 Å². The van der Waals surface area contributed by atoms with Crippen molar-refractivity contribution >= 4 is 6.29 Å². The number of carbonyl (C=O) groups excluding carboxylic acids is 1. The van der Waals surface area contributed by atoms with Crippen LogP contribution < -0.4 is 0 Å². The average Bonchev–Trinajstić information content (AvgIpc) is 2.04. The van der Waals surface area contributed by atoms with Gasteiger partial charge in [0.05, 0.1) is 6.61 Å². The Kier molecular flexibility index (Phi) is 2.33. The molecule has 0 aliphatic rings. The summed E-state index contributed by atoms with van der Waals surface area (Å²) in [6.07, 6.45) is 0.588. The molecular weight excluding hydrogens is 147 g/mol. The molecule has 0 radical (unpaired) electrons. The van der Waals surface area contributed by atoms with Crippen molar-refractivity contribution in [3.05, 3.63) is 35.1 Å². The third kappa shape index (κ3) is 1.62. The number of hydrogen-bond acceptors (Lipinski definition) is 2. The fourth-order valence-electron chi connectivity index (χ4n) is 0.826. The van der Waals surface area contributed by atoms with Gasteiger partial charge in [-0.25, -0.2) is 4.39 Å². The summed E-state index contributed by atoms with van der Waals surface area (Å²) in [5.41, 5.74) is 0.647. The van der Waals surface area contributed by atoms with Gasteiger partial charge in [-0.3, -0.25) is 4.79 Å². The highest BCUT2D eigenvalue weighted by molar-refractivity contribution is 5.77. The van der Waals surface area contributed by atoms with Crippen LogP contribution in [-0.2, 0) is 6.61 Å². The van der Waals surface area contributed by atoms with E-state index in [2.05, 4.69) is 0 Å². The van der Waals surface area contributed by atoms with Crippen LogP contribution in [0.4, 0.5) is 4.39 Å². The van der Waals surface area contributed by atoms with E-state index in [9.17, 15) is 9.18 Å². The maximum Gasteiger partial charge on any atom is 0.150 e. The van der Waals surface area contributed by atoms with Crippen molar-refractivity contribution in [2.45, 2.75) is 6.61 Å². The van der Waals surface area contributed by atoms with Gasteiger partial charge >= 0.3 is 0 Å². The zero-order valence-corrected chi connectivity index (χ0v) is 5.75. The summed E-state index contributed by atoms with van der Waals surface area (Å²) in [4.78, 5) is 10.3. The number of benzene rings is 1. The first-order valence-corrected chi connectivity index (χ1v) is 3.12. The molecule has 1 N–H and O–H groups in total. The SMILES string of the molecule is O=Cc1ccc(F)cc1CO. The molecule has 0 bridgehead atoms. The summed E-state index contributed by atoms with van der Waals surface area (Å²) in [6.45, 7) is -0.314.